The number of nitro benzene ring substituents is 1. The minimum atomic E-state index is -0.430. The molecule has 0 spiro atoms. The lowest BCUT2D eigenvalue weighted by molar-refractivity contribution is -0.384. The van der Waals surface area contributed by atoms with Gasteiger partial charge in [-0.05, 0) is 42.1 Å². The topological polar surface area (TPSA) is 90.0 Å². The highest BCUT2D eigenvalue weighted by molar-refractivity contribution is 8.18. The molecule has 0 unspecified atom stereocenters. The molecule has 1 aromatic carbocycles. The number of benzene rings is 1. The van der Waals surface area contributed by atoms with Gasteiger partial charge in [-0.25, -0.2) is 0 Å². The second-order valence-corrected chi connectivity index (χ2v) is 7.00. The third-order valence-corrected chi connectivity index (χ3v) is 5.33. The normalized spacial score (nSPS) is 18.8. The monoisotopic (exact) mass is 384 g/mol. The van der Waals surface area contributed by atoms with E-state index in [2.05, 4.69) is 9.89 Å². The van der Waals surface area contributed by atoms with E-state index in [0.29, 0.717) is 23.3 Å². The highest BCUT2D eigenvalue weighted by Crippen LogP contribution is 2.31. The van der Waals surface area contributed by atoms with Gasteiger partial charge in [-0.1, -0.05) is 0 Å². The van der Waals surface area contributed by atoms with E-state index in [1.54, 1.807) is 18.2 Å². The van der Waals surface area contributed by atoms with Gasteiger partial charge in [0.1, 0.15) is 0 Å². The summed E-state index contributed by atoms with van der Waals surface area (Å²) in [6.07, 6.45) is 3.65. The first kappa shape index (κ1) is 17.5. The number of aromatic nitrogens is 1. The largest absolute Gasteiger partial charge is 0.378 e. The molecule has 0 atom stereocenters. The van der Waals surface area contributed by atoms with Gasteiger partial charge in [-0.2, -0.15) is 4.99 Å². The highest BCUT2D eigenvalue weighted by atomic mass is 32.2. The van der Waals surface area contributed by atoms with Crippen LogP contribution in [0.1, 0.15) is 5.69 Å². The number of amidine groups is 1. The Morgan fingerprint density at radius 1 is 1.19 bits per heavy atom. The number of thioether (sulfide) groups is 1. The van der Waals surface area contributed by atoms with E-state index in [1.807, 2.05) is 22.9 Å². The number of non-ortho nitro benzene ring substituents is 1. The molecule has 1 saturated heterocycles. The molecule has 0 radical (unpaired) electrons. The molecule has 9 heteroatoms. The van der Waals surface area contributed by atoms with E-state index in [1.165, 1.54) is 23.9 Å². The van der Waals surface area contributed by atoms with Crippen LogP contribution in [-0.2, 0) is 9.53 Å². The van der Waals surface area contributed by atoms with Crippen LogP contribution in [0.2, 0.25) is 0 Å². The molecule has 3 heterocycles. The number of hydrogen-bond donors (Lipinski definition) is 0. The molecule has 27 heavy (non-hydrogen) atoms. The van der Waals surface area contributed by atoms with Crippen molar-refractivity contribution in [1.82, 2.24) is 9.47 Å². The Morgan fingerprint density at radius 2 is 1.93 bits per heavy atom. The quantitative estimate of drug-likeness (QED) is 0.459. The summed E-state index contributed by atoms with van der Waals surface area (Å²) in [5.74, 6) is -0.252. The number of rotatable bonds is 3. The number of carbonyl (C=O) groups excluding carboxylic acids is 1. The smallest absolute Gasteiger partial charge is 0.286 e. The van der Waals surface area contributed by atoms with Gasteiger partial charge in [-0.15, -0.1) is 0 Å². The van der Waals surface area contributed by atoms with Crippen LogP contribution in [0, 0.1) is 10.1 Å². The number of amides is 1. The average molecular weight is 384 g/mol. The van der Waals surface area contributed by atoms with E-state index >= 15 is 0 Å². The molecule has 4 rings (SSSR count). The van der Waals surface area contributed by atoms with E-state index < -0.39 is 4.92 Å². The maximum atomic E-state index is 12.3. The lowest BCUT2D eigenvalue weighted by Crippen LogP contribution is -2.38. The number of nitrogens with zero attached hydrogens (tertiary/aromatic N) is 4. The number of nitro groups is 1. The van der Waals surface area contributed by atoms with Crippen LogP contribution in [0.25, 0.3) is 11.8 Å². The first-order valence-corrected chi connectivity index (χ1v) is 9.21. The molecule has 0 bridgehead atoms. The van der Waals surface area contributed by atoms with Crippen molar-refractivity contribution in [1.29, 1.82) is 0 Å². The van der Waals surface area contributed by atoms with Crippen molar-refractivity contribution >= 4 is 34.6 Å². The molecule has 1 fully saturated rings. The Balaban J connectivity index is 1.56. The van der Waals surface area contributed by atoms with Gasteiger partial charge in [0.25, 0.3) is 11.6 Å². The summed E-state index contributed by atoms with van der Waals surface area (Å²) >= 11 is 1.36. The Kier molecular flexibility index (Phi) is 4.78. The lowest BCUT2D eigenvalue weighted by Gasteiger charge is -2.27. The Hall–Kier alpha value is -2.91. The molecule has 0 aliphatic carbocycles. The van der Waals surface area contributed by atoms with Crippen LogP contribution in [0.3, 0.4) is 0 Å². The van der Waals surface area contributed by atoms with Crippen molar-refractivity contribution in [2.24, 2.45) is 4.99 Å². The van der Waals surface area contributed by atoms with E-state index in [-0.39, 0.29) is 11.6 Å². The van der Waals surface area contributed by atoms with Crippen LogP contribution >= 0.6 is 11.8 Å². The summed E-state index contributed by atoms with van der Waals surface area (Å²) in [5.41, 5.74) is 1.62. The molecule has 8 nitrogen and oxygen atoms in total. The van der Waals surface area contributed by atoms with E-state index in [4.69, 9.17) is 4.74 Å². The Bertz CT molecular complexity index is 943. The molecule has 2 aliphatic rings. The molecular formula is C18H16N4O4S. The van der Waals surface area contributed by atoms with Crippen molar-refractivity contribution < 1.29 is 14.5 Å². The zero-order valence-corrected chi connectivity index (χ0v) is 15.1. The highest BCUT2D eigenvalue weighted by Gasteiger charge is 2.27. The fourth-order valence-corrected chi connectivity index (χ4v) is 3.85. The number of hydrogen-bond acceptors (Lipinski definition) is 6. The van der Waals surface area contributed by atoms with Gasteiger partial charge in [0.2, 0.25) is 0 Å². The summed E-state index contributed by atoms with van der Waals surface area (Å²) in [5, 5.41) is 11.5. The van der Waals surface area contributed by atoms with E-state index in [0.717, 1.165) is 24.5 Å². The molecule has 0 N–H and O–H groups in total. The molecule has 2 aromatic rings. The van der Waals surface area contributed by atoms with Gasteiger partial charge in [0.15, 0.2) is 5.17 Å². The minimum Gasteiger partial charge on any atom is -0.378 e. The minimum absolute atomic E-state index is 0.0379. The van der Waals surface area contributed by atoms with Crippen LogP contribution in [0.5, 0.6) is 0 Å². The fraction of sp³-hybridized carbons (Fsp3) is 0.222. The van der Waals surface area contributed by atoms with Gasteiger partial charge >= 0.3 is 0 Å². The summed E-state index contributed by atoms with van der Waals surface area (Å²) in [6, 6.07) is 10.0. The summed E-state index contributed by atoms with van der Waals surface area (Å²) < 4.78 is 7.21. The van der Waals surface area contributed by atoms with Gasteiger partial charge in [0.05, 0.1) is 23.0 Å². The molecule has 1 amide bonds. The zero-order chi connectivity index (χ0) is 18.8. The van der Waals surface area contributed by atoms with Gasteiger partial charge in [-0.3, -0.25) is 14.9 Å². The number of carbonyl (C=O) groups is 1. The zero-order valence-electron chi connectivity index (χ0n) is 14.3. The number of morpholine rings is 1. The maximum Gasteiger partial charge on any atom is 0.286 e. The lowest BCUT2D eigenvalue weighted by atomic mass is 10.2. The standard InChI is InChI=1S/C18H16N4O4S/c23-17-16(27-18(19-17)20-8-10-26-11-9-20)12-15-2-1-7-21(15)13-3-5-14(6-4-13)22(24)25/h1-7,12H,8-11H2. The molecule has 2 aliphatic heterocycles. The van der Waals surface area contributed by atoms with Gasteiger partial charge < -0.3 is 14.2 Å². The van der Waals surface area contributed by atoms with Crippen LogP contribution in [-0.4, -0.2) is 51.8 Å². The molecular weight excluding hydrogens is 368 g/mol. The van der Waals surface area contributed by atoms with Crippen LogP contribution < -0.4 is 0 Å². The maximum absolute atomic E-state index is 12.3. The van der Waals surface area contributed by atoms with Crippen LogP contribution in [0.4, 0.5) is 5.69 Å². The predicted octanol–water partition coefficient (Wildman–Crippen LogP) is 2.69. The molecule has 0 saturated carbocycles. The summed E-state index contributed by atoms with van der Waals surface area (Å²) in [4.78, 5) is 29.5. The average Bonchev–Trinajstić information content (AvgIpc) is 3.30. The number of ether oxygens (including phenoxy) is 1. The van der Waals surface area contributed by atoms with Crippen LogP contribution in [0.15, 0.2) is 52.5 Å². The van der Waals surface area contributed by atoms with Crippen molar-refractivity contribution in [3.63, 3.8) is 0 Å². The van der Waals surface area contributed by atoms with Crippen molar-refractivity contribution in [2.45, 2.75) is 0 Å². The van der Waals surface area contributed by atoms with Crippen molar-refractivity contribution in [3.8, 4) is 5.69 Å². The van der Waals surface area contributed by atoms with E-state index in [9.17, 15) is 14.9 Å². The van der Waals surface area contributed by atoms with Gasteiger partial charge in [0, 0.05) is 42.8 Å². The predicted molar refractivity (Wildman–Crippen MR) is 103 cm³/mol. The number of aliphatic imine (C=N–C) groups is 1. The first-order chi connectivity index (χ1) is 13.1. The van der Waals surface area contributed by atoms with Crippen molar-refractivity contribution in [2.75, 3.05) is 26.3 Å². The molecule has 138 valence electrons. The second-order valence-electron chi connectivity index (χ2n) is 5.99. The third kappa shape index (κ3) is 3.64. The second kappa shape index (κ2) is 7.37. The molecule has 1 aromatic heterocycles. The Morgan fingerprint density at radius 3 is 2.63 bits per heavy atom. The summed E-state index contributed by atoms with van der Waals surface area (Å²) in [7, 11) is 0. The fourth-order valence-electron chi connectivity index (χ4n) is 2.90. The Labute approximate surface area is 159 Å². The SMILES string of the molecule is O=C1N=C(N2CCOCC2)SC1=Cc1cccn1-c1ccc([N+](=O)[O-])cc1. The van der Waals surface area contributed by atoms with Crippen molar-refractivity contribution in [3.05, 3.63) is 63.3 Å². The summed E-state index contributed by atoms with van der Waals surface area (Å²) in [6.45, 7) is 2.72. The first-order valence-electron chi connectivity index (χ1n) is 8.39. The third-order valence-electron chi connectivity index (χ3n) is 4.29.